The highest BCUT2D eigenvalue weighted by Gasteiger charge is 2.33. The molecule has 2 aromatic heterocycles. The Kier molecular flexibility index (Phi) is 7.81. The molecule has 0 saturated carbocycles. The summed E-state index contributed by atoms with van der Waals surface area (Å²) in [4.78, 5) is 9.71. The van der Waals surface area contributed by atoms with Crippen LogP contribution in [0, 0.1) is 0 Å². The van der Waals surface area contributed by atoms with Crippen molar-refractivity contribution < 1.29 is 4.74 Å². The number of anilines is 4. The first-order valence-corrected chi connectivity index (χ1v) is 19.3. The highest BCUT2D eigenvalue weighted by atomic mass is 16.5. The average Bonchev–Trinajstić information content (AvgIpc) is 3.84. The maximum Gasteiger partial charge on any atom is 0.145 e. The lowest BCUT2D eigenvalue weighted by Crippen LogP contribution is -2.25. The van der Waals surface area contributed by atoms with Crippen LogP contribution in [0.5, 0.6) is 11.5 Å². The molecule has 1 aliphatic rings. The van der Waals surface area contributed by atoms with Gasteiger partial charge in [-0.3, -0.25) is 4.57 Å². The third-order valence-corrected chi connectivity index (χ3v) is 11.1. The maximum absolute atomic E-state index is 6.69. The topological polar surface area (TPSA) is 33.5 Å². The minimum atomic E-state index is 0.618. The van der Waals surface area contributed by atoms with Gasteiger partial charge >= 0.3 is 0 Å². The number of fused-ring (bicyclic) bond motifs is 6. The molecule has 57 heavy (non-hydrogen) atoms. The van der Waals surface area contributed by atoms with E-state index in [1.165, 1.54) is 49.8 Å². The molecule has 0 spiro atoms. The first-order valence-electron chi connectivity index (χ1n) is 19.3. The summed E-state index contributed by atoms with van der Waals surface area (Å²) in [6, 6.07) is 70.7. The molecular weight excluding hydrogens is 697 g/mol. The Hall–Kier alpha value is -7.63. The first kappa shape index (κ1) is 32.8. The van der Waals surface area contributed by atoms with E-state index in [2.05, 4.69) is 190 Å². The lowest BCUT2D eigenvalue weighted by Gasteiger charge is -2.27. The Bertz CT molecular complexity index is 2990. The zero-order chi connectivity index (χ0) is 37.7. The smallest absolute Gasteiger partial charge is 0.145 e. The molecule has 0 N–H and O–H groups in total. The SMILES string of the molecule is c1ccc(-c2cccc(-c3ccccc3)c2N2CN(c3cccc(Oc4cccc(-n5c6ccccc6c6cccnc65)c4)c3)c3ccc4ccccc4c32)cc1. The molecule has 0 radical (unpaired) electrons. The normalized spacial score (nSPS) is 12.4. The molecule has 270 valence electrons. The number of aromatic nitrogens is 2. The Morgan fingerprint density at radius 1 is 0.439 bits per heavy atom. The fourth-order valence-corrected chi connectivity index (χ4v) is 8.57. The molecule has 3 heterocycles. The summed E-state index contributed by atoms with van der Waals surface area (Å²) in [7, 11) is 0. The molecule has 0 bridgehead atoms. The fourth-order valence-electron chi connectivity index (χ4n) is 8.57. The summed E-state index contributed by atoms with van der Waals surface area (Å²) in [5.74, 6) is 1.52. The average molecular weight is 733 g/mol. The monoisotopic (exact) mass is 732 g/mol. The molecule has 0 unspecified atom stereocenters. The van der Waals surface area contributed by atoms with E-state index in [4.69, 9.17) is 9.72 Å². The van der Waals surface area contributed by atoms with Gasteiger partial charge in [0.15, 0.2) is 0 Å². The van der Waals surface area contributed by atoms with Gasteiger partial charge in [-0.2, -0.15) is 0 Å². The van der Waals surface area contributed by atoms with Crippen molar-refractivity contribution in [2.45, 2.75) is 0 Å². The van der Waals surface area contributed by atoms with Gasteiger partial charge in [0.25, 0.3) is 0 Å². The van der Waals surface area contributed by atoms with Crippen LogP contribution in [0.15, 0.2) is 206 Å². The second kappa shape index (κ2) is 13.6. The van der Waals surface area contributed by atoms with Gasteiger partial charge in [-0.25, -0.2) is 4.98 Å². The molecule has 5 nitrogen and oxygen atoms in total. The van der Waals surface area contributed by atoms with Crippen LogP contribution in [0.2, 0.25) is 0 Å². The number of hydrogen-bond acceptors (Lipinski definition) is 4. The molecule has 0 saturated heterocycles. The van der Waals surface area contributed by atoms with E-state index in [0.29, 0.717) is 6.67 Å². The largest absolute Gasteiger partial charge is 0.457 e. The van der Waals surface area contributed by atoms with E-state index >= 15 is 0 Å². The maximum atomic E-state index is 6.69. The number of ether oxygens (including phenoxy) is 1. The van der Waals surface area contributed by atoms with Crippen LogP contribution in [0.4, 0.5) is 22.7 Å². The third kappa shape index (κ3) is 5.59. The summed E-state index contributed by atoms with van der Waals surface area (Å²) in [6.45, 7) is 0.618. The van der Waals surface area contributed by atoms with Crippen LogP contribution in [0.3, 0.4) is 0 Å². The molecule has 1 aliphatic heterocycles. The summed E-state index contributed by atoms with van der Waals surface area (Å²) in [6.07, 6.45) is 1.85. The van der Waals surface area contributed by atoms with Gasteiger partial charge in [-0.1, -0.05) is 140 Å². The third-order valence-electron chi connectivity index (χ3n) is 11.1. The molecule has 0 amide bonds. The zero-order valence-corrected chi connectivity index (χ0v) is 31.0. The van der Waals surface area contributed by atoms with Crippen molar-refractivity contribution in [1.29, 1.82) is 0 Å². The highest BCUT2D eigenvalue weighted by molar-refractivity contribution is 6.09. The molecule has 10 aromatic rings. The van der Waals surface area contributed by atoms with Crippen molar-refractivity contribution in [2.75, 3.05) is 16.5 Å². The quantitative estimate of drug-likeness (QED) is 0.163. The van der Waals surface area contributed by atoms with Gasteiger partial charge < -0.3 is 14.5 Å². The van der Waals surface area contributed by atoms with E-state index < -0.39 is 0 Å². The first-order chi connectivity index (χ1) is 28.3. The van der Waals surface area contributed by atoms with Crippen molar-refractivity contribution in [2.24, 2.45) is 0 Å². The van der Waals surface area contributed by atoms with Crippen LogP contribution >= 0.6 is 0 Å². The molecule has 0 aliphatic carbocycles. The van der Waals surface area contributed by atoms with Gasteiger partial charge in [0, 0.05) is 51.3 Å². The second-order valence-corrected chi connectivity index (χ2v) is 14.4. The minimum absolute atomic E-state index is 0.618. The molecule has 11 rings (SSSR count). The van der Waals surface area contributed by atoms with Gasteiger partial charge in [-0.15, -0.1) is 0 Å². The number of nitrogens with zero attached hydrogens (tertiary/aromatic N) is 4. The highest BCUT2D eigenvalue weighted by Crippen LogP contribution is 2.52. The number of hydrogen-bond donors (Lipinski definition) is 0. The Balaban J connectivity index is 1.01. The molecule has 8 aromatic carbocycles. The summed E-state index contributed by atoms with van der Waals surface area (Å²) in [5.41, 5.74) is 12.3. The summed E-state index contributed by atoms with van der Waals surface area (Å²) >= 11 is 0. The Labute approximate surface area is 330 Å². The van der Waals surface area contributed by atoms with E-state index in [0.717, 1.165) is 45.1 Å². The molecule has 0 fully saturated rings. The number of benzene rings is 8. The van der Waals surface area contributed by atoms with Gasteiger partial charge in [0.1, 0.15) is 23.8 Å². The predicted octanol–water partition coefficient (Wildman–Crippen LogP) is 13.7. The van der Waals surface area contributed by atoms with Crippen LogP contribution in [-0.2, 0) is 0 Å². The van der Waals surface area contributed by atoms with E-state index in [-0.39, 0.29) is 0 Å². The van der Waals surface area contributed by atoms with Crippen molar-refractivity contribution in [1.82, 2.24) is 9.55 Å². The van der Waals surface area contributed by atoms with Crippen LogP contribution in [0.1, 0.15) is 0 Å². The van der Waals surface area contributed by atoms with Gasteiger partial charge in [0.2, 0.25) is 0 Å². The lowest BCUT2D eigenvalue weighted by atomic mass is 9.94. The van der Waals surface area contributed by atoms with E-state index in [1.54, 1.807) is 0 Å². The fraction of sp³-hybridized carbons (Fsp3) is 0.0192. The predicted molar refractivity (Wildman–Crippen MR) is 235 cm³/mol. The van der Waals surface area contributed by atoms with Crippen LogP contribution in [-0.4, -0.2) is 16.2 Å². The van der Waals surface area contributed by atoms with Gasteiger partial charge in [0.05, 0.1) is 28.3 Å². The van der Waals surface area contributed by atoms with Gasteiger partial charge in [-0.05, 0) is 65.0 Å². The van der Waals surface area contributed by atoms with Crippen LogP contribution < -0.4 is 14.5 Å². The standard InChI is InChI=1S/C52H36N4O/c1-3-15-36(16-4-1)43-26-13-27-44(37-17-5-2-6-18-37)50(43)55-35-54(49-31-30-38-19-7-8-24-45(38)51(49)55)39-20-11-22-41(33-39)57-42-23-12-21-40(34-42)56-48-29-10-9-25-46(48)47-28-14-32-53-52(47)56/h1-34H,35H2. The Morgan fingerprint density at radius 2 is 1.05 bits per heavy atom. The van der Waals surface area contributed by atoms with E-state index in [9.17, 15) is 0 Å². The van der Waals surface area contributed by atoms with E-state index in [1.807, 2.05) is 30.5 Å². The molecule has 5 heteroatoms. The Morgan fingerprint density at radius 3 is 1.81 bits per heavy atom. The van der Waals surface area contributed by atoms with Crippen molar-refractivity contribution in [3.8, 4) is 39.4 Å². The van der Waals surface area contributed by atoms with Crippen molar-refractivity contribution in [3.05, 3.63) is 206 Å². The molecular formula is C52H36N4O. The van der Waals surface area contributed by atoms with Crippen molar-refractivity contribution >= 4 is 55.5 Å². The lowest BCUT2D eigenvalue weighted by molar-refractivity contribution is 0.482. The number of para-hydroxylation sites is 2. The minimum Gasteiger partial charge on any atom is -0.457 e. The summed E-state index contributed by atoms with van der Waals surface area (Å²) in [5, 5.41) is 4.72. The van der Waals surface area contributed by atoms with Crippen molar-refractivity contribution in [3.63, 3.8) is 0 Å². The second-order valence-electron chi connectivity index (χ2n) is 14.4. The van der Waals surface area contributed by atoms with Crippen LogP contribution in [0.25, 0.3) is 60.6 Å². The molecule has 0 atom stereocenters. The zero-order valence-electron chi connectivity index (χ0n) is 31.0. The summed E-state index contributed by atoms with van der Waals surface area (Å²) < 4.78 is 8.90. The number of rotatable bonds is 7. The number of pyridine rings is 1.